The Morgan fingerprint density at radius 1 is 1.53 bits per heavy atom. The largest absolute Gasteiger partial charge is 0.469 e. The van der Waals surface area contributed by atoms with Crippen molar-refractivity contribution in [3.8, 4) is 0 Å². The highest BCUT2D eigenvalue weighted by atomic mass is 32.1. The zero-order valence-corrected chi connectivity index (χ0v) is 12.5. The molecule has 1 saturated heterocycles. The number of methoxy groups -OCH3 is 1. The summed E-state index contributed by atoms with van der Waals surface area (Å²) in [6.07, 6.45) is 1.68. The molecule has 106 valence electrons. The molecule has 2 rings (SSSR count). The third kappa shape index (κ3) is 4.60. The fourth-order valence-electron chi connectivity index (χ4n) is 2.42. The molecular weight excluding hydrogens is 260 g/mol. The smallest absolute Gasteiger partial charge is 0.310 e. The second-order valence-electron chi connectivity index (χ2n) is 5.17. The number of rotatable bonds is 6. The molecule has 1 aliphatic heterocycles. The fraction of sp³-hybridized carbons (Fsp3) is 0.643. The van der Waals surface area contributed by atoms with Crippen molar-refractivity contribution in [3.63, 3.8) is 0 Å². The van der Waals surface area contributed by atoms with Crippen LogP contribution in [-0.2, 0) is 22.5 Å². The van der Waals surface area contributed by atoms with Gasteiger partial charge in [-0.25, -0.2) is 0 Å². The van der Waals surface area contributed by atoms with Crippen LogP contribution >= 0.6 is 11.3 Å². The summed E-state index contributed by atoms with van der Waals surface area (Å²) in [5.74, 6) is 0.606. The summed E-state index contributed by atoms with van der Waals surface area (Å²) in [5, 5.41) is 3.51. The van der Waals surface area contributed by atoms with Crippen LogP contribution in [0.3, 0.4) is 0 Å². The maximum Gasteiger partial charge on any atom is 0.310 e. The topological polar surface area (TPSA) is 41.6 Å². The first kappa shape index (κ1) is 14.5. The Kier molecular flexibility index (Phi) is 5.36. The molecule has 19 heavy (non-hydrogen) atoms. The van der Waals surface area contributed by atoms with E-state index in [-0.39, 0.29) is 5.97 Å². The Balaban J connectivity index is 1.70. The average Bonchev–Trinajstić information content (AvgIpc) is 2.99. The van der Waals surface area contributed by atoms with Gasteiger partial charge in [-0.3, -0.25) is 4.79 Å². The van der Waals surface area contributed by atoms with Gasteiger partial charge in [-0.05, 0) is 44.6 Å². The molecule has 2 heterocycles. The van der Waals surface area contributed by atoms with E-state index in [1.165, 1.54) is 31.5 Å². The lowest BCUT2D eigenvalue weighted by molar-refractivity contribution is -0.139. The molecule has 4 nitrogen and oxygen atoms in total. The van der Waals surface area contributed by atoms with Crippen molar-refractivity contribution in [2.45, 2.75) is 19.4 Å². The minimum absolute atomic E-state index is 0.171. The Labute approximate surface area is 118 Å². The van der Waals surface area contributed by atoms with E-state index in [1.807, 2.05) is 6.07 Å². The van der Waals surface area contributed by atoms with E-state index < -0.39 is 0 Å². The summed E-state index contributed by atoms with van der Waals surface area (Å²) >= 11 is 1.69. The first-order valence-electron chi connectivity index (χ1n) is 6.71. The van der Waals surface area contributed by atoms with E-state index in [1.54, 1.807) is 11.3 Å². The molecule has 1 N–H and O–H groups in total. The molecule has 1 aliphatic rings. The predicted octanol–water partition coefficient (Wildman–Crippen LogP) is 1.50. The number of nitrogens with one attached hydrogen (secondary N) is 1. The van der Waals surface area contributed by atoms with E-state index in [0.717, 1.165) is 23.9 Å². The molecule has 0 radical (unpaired) electrons. The molecule has 5 heteroatoms. The van der Waals surface area contributed by atoms with Crippen molar-refractivity contribution in [3.05, 3.63) is 21.9 Å². The van der Waals surface area contributed by atoms with Gasteiger partial charge in [0.2, 0.25) is 0 Å². The van der Waals surface area contributed by atoms with Crippen LogP contribution < -0.4 is 5.32 Å². The molecule has 0 saturated carbocycles. The van der Waals surface area contributed by atoms with Crippen LogP contribution in [0.15, 0.2) is 12.1 Å². The lowest BCUT2D eigenvalue weighted by atomic mass is 10.1. The summed E-state index contributed by atoms with van der Waals surface area (Å²) < 4.78 is 4.67. The standard InChI is InChI=1S/C14H22N2O2S/c1-16-6-5-11(10-16)8-15-9-13-4-3-12(19-13)7-14(17)18-2/h3-4,11,15H,5-10H2,1-2H3. The number of esters is 1. The van der Waals surface area contributed by atoms with Crippen LogP contribution in [0.2, 0.25) is 0 Å². The quantitative estimate of drug-likeness (QED) is 0.803. The molecular formula is C14H22N2O2S. The van der Waals surface area contributed by atoms with Gasteiger partial charge >= 0.3 is 5.97 Å². The number of carbonyl (C=O) groups is 1. The van der Waals surface area contributed by atoms with Gasteiger partial charge in [-0.1, -0.05) is 0 Å². The summed E-state index contributed by atoms with van der Waals surface area (Å²) in [7, 11) is 3.61. The number of hydrogen-bond acceptors (Lipinski definition) is 5. The Morgan fingerprint density at radius 3 is 3.00 bits per heavy atom. The molecule has 1 aromatic heterocycles. The molecule has 0 aromatic carbocycles. The monoisotopic (exact) mass is 282 g/mol. The van der Waals surface area contributed by atoms with Gasteiger partial charge in [-0.2, -0.15) is 0 Å². The van der Waals surface area contributed by atoms with E-state index in [2.05, 4.69) is 28.1 Å². The molecule has 0 bridgehead atoms. The maximum absolute atomic E-state index is 11.2. The van der Waals surface area contributed by atoms with Crippen molar-refractivity contribution in [1.82, 2.24) is 10.2 Å². The Morgan fingerprint density at radius 2 is 2.32 bits per heavy atom. The van der Waals surface area contributed by atoms with Crippen LogP contribution in [0.25, 0.3) is 0 Å². The molecule has 0 spiro atoms. The molecule has 1 atom stereocenters. The van der Waals surface area contributed by atoms with Crippen LogP contribution in [0.5, 0.6) is 0 Å². The van der Waals surface area contributed by atoms with Crippen molar-refractivity contribution in [2.75, 3.05) is 33.8 Å². The maximum atomic E-state index is 11.2. The summed E-state index contributed by atoms with van der Waals surface area (Å²) in [6, 6.07) is 4.11. The van der Waals surface area contributed by atoms with Gasteiger partial charge in [0.15, 0.2) is 0 Å². The summed E-state index contributed by atoms with van der Waals surface area (Å²) in [5.41, 5.74) is 0. The van der Waals surface area contributed by atoms with Gasteiger partial charge in [-0.15, -0.1) is 11.3 Å². The second kappa shape index (κ2) is 7.03. The van der Waals surface area contributed by atoms with Crippen LogP contribution in [0.4, 0.5) is 0 Å². The van der Waals surface area contributed by atoms with Gasteiger partial charge in [0, 0.05) is 22.8 Å². The Hall–Kier alpha value is -0.910. The number of nitrogens with zero attached hydrogens (tertiary/aromatic N) is 1. The van der Waals surface area contributed by atoms with Gasteiger partial charge in [0.1, 0.15) is 0 Å². The average molecular weight is 282 g/mol. The number of ether oxygens (including phenoxy) is 1. The zero-order valence-electron chi connectivity index (χ0n) is 11.6. The number of hydrogen-bond donors (Lipinski definition) is 1. The van der Waals surface area contributed by atoms with Crippen LogP contribution in [0, 0.1) is 5.92 Å². The third-order valence-corrected chi connectivity index (χ3v) is 4.57. The fourth-order valence-corrected chi connectivity index (χ4v) is 3.39. The van der Waals surface area contributed by atoms with Gasteiger partial charge in [0.25, 0.3) is 0 Å². The van der Waals surface area contributed by atoms with Crippen LogP contribution in [-0.4, -0.2) is 44.7 Å². The lowest BCUT2D eigenvalue weighted by Gasteiger charge is -2.10. The van der Waals surface area contributed by atoms with Crippen molar-refractivity contribution in [1.29, 1.82) is 0 Å². The molecule has 1 aromatic rings. The van der Waals surface area contributed by atoms with Gasteiger partial charge < -0.3 is 15.0 Å². The molecule has 0 aliphatic carbocycles. The minimum Gasteiger partial charge on any atom is -0.469 e. The van der Waals surface area contributed by atoms with Crippen molar-refractivity contribution >= 4 is 17.3 Å². The highest BCUT2D eigenvalue weighted by Crippen LogP contribution is 2.18. The summed E-state index contributed by atoms with van der Waals surface area (Å²) in [6.45, 7) is 4.39. The highest BCUT2D eigenvalue weighted by Gasteiger charge is 2.18. The second-order valence-corrected chi connectivity index (χ2v) is 6.42. The van der Waals surface area contributed by atoms with Gasteiger partial charge in [0.05, 0.1) is 13.5 Å². The van der Waals surface area contributed by atoms with E-state index in [0.29, 0.717) is 6.42 Å². The van der Waals surface area contributed by atoms with E-state index in [9.17, 15) is 4.79 Å². The number of carbonyl (C=O) groups excluding carboxylic acids is 1. The first-order valence-corrected chi connectivity index (χ1v) is 7.52. The predicted molar refractivity (Wildman–Crippen MR) is 77.3 cm³/mol. The Bertz CT molecular complexity index is 419. The van der Waals surface area contributed by atoms with E-state index >= 15 is 0 Å². The molecule has 1 unspecified atom stereocenters. The van der Waals surface area contributed by atoms with Crippen LogP contribution in [0.1, 0.15) is 16.2 Å². The zero-order chi connectivity index (χ0) is 13.7. The summed E-state index contributed by atoms with van der Waals surface area (Å²) in [4.78, 5) is 15.9. The lowest BCUT2D eigenvalue weighted by Crippen LogP contribution is -2.24. The van der Waals surface area contributed by atoms with E-state index in [4.69, 9.17) is 0 Å². The third-order valence-electron chi connectivity index (χ3n) is 3.48. The minimum atomic E-state index is -0.171. The number of likely N-dealkylation sites (tertiary alicyclic amines) is 1. The normalized spacial score (nSPS) is 19.8. The number of thiophene rings is 1. The van der Waals surface area contributed by atoms with Crippen molar-refractivity contribution < 1.29 is 9.53 Å². The molecule has 1 fully saturated rings. The highest BCUT2D eigenvalue weighted by molar-refractivity contribution is 7.12. The SMILES string of the molecule is COC(=O)Cc1ccc(CNCC2CCN(C)C2)s1. The van der Waals surface area contributed by atoms with Crippen molar-refractivity contribution in [2.24, 2.45) is 5.92 Å². The first-order chi connectivity index (χ1) is 9.17. The molecule has 0 amide bonds.